The molecule has 2 aromatic rings. The van der Waals surface area contributed by atoms with Crippen molar-refractivity contribution >= 4 is 17.5 Å². The van der Waals surface area contributed by atoms with E-state index in [1.54, 1.807) is 0 Å². The monoisotopic (exact) mass is 271 g/mol. The Balaban J connectivity index is 1.83. The molecule has 0 aliphatic carbocycles. The number of hydrogen-bond donors (Lipinski definition) is 1. The van der Waals surface area contributed by atoms with Gasteiger partial charge in [0, 0.05) is 12.2 Å². The summed E-state index contributed by atoms with van der Waals surface area (Å²) in [5.41, 5.74) is 7.72. The molecule has 1 aromatic carbocycles. The van der Waals surface area contributed by atoms with Gasteiger partial charge in [0.15, 0.2) is 0 Å². The van der Waals surface area contributed by atoms with Crippen LogP contribution >= 0.6 is 0 Å². The first kappa shape index (κ1) is 12.7. The molecule has 104 valence electrons. The van der Waals surface area contributed by atoms with Gasteiger partial charge in [-0.1, -0.05) is 18.2 Å². The van der Waals surface area contributed by atoms with Crippen molar-refractivity contribution in [2.45, 2.75) is 25.8 Å². The van der Waals surface area contributed by atoms with Gasteiger partial charge in [-0.2, -0.15) is 0 Å². The van der Waals surface area contributed by atoms with Crippen molar-refractivity contribution in [3.8, 4) is 0 Å². The number of aromatic nitrogens is 3. The summed E-state index contributed by atoms with van der Waals surface area (Å²) in [4.78, 5) is 18.2. The van der Waals surface area contributed by atoms with Crippen molar-refractivity contribution in [1.29, 1.82) is 0 Å². The molecule has 1 aromatic heterocycles. The van der Waals surface area contributed by atoms with Crippen LogP contribution in [0.4, 0.5) is 11.6 Å². The smallest absolute Gasteiger partial charge is 0.248 e. The van der Waals surface area contributed by atoms with Gasteiger partial charge in [0.1, 0.15) is 12.9 Å². The van der Waals surface area contributed by atoms with E-state index in [0.29, 0.717) is 0 Å². The molecule has 1 aliphatic rings. The van der Waals surface area contributed by atoms with Crippen LogP contribution in [0.1, 0.15) is 18.4 Å². The lowest BCUT2D eigenvalue weighted by molar-refractivity contribution is -0.119. The van der Waals surface area contributed by atoms with E-state index in [0.717, 1.165) is 31.5 Å². The maximum absolute atomic E-state index is 12.5. The number of nitrogens with zero attached hydrogens (tertiary/aromatic N) is 4. The van der Waals surface area contributed by atoms with Crippen molar-refractivity contribution in [1.82, 2.24) is 14.8 Å². The molecule has 3 rings (SSSR count). The van der Waals surface area contributed by atoms with Gasteiger partial charge in [0.2, 0.25) is 11.9 Å². The molecule has 0 saturated carbocycles. The molecule has 0 fully saturated rings. The van der Waals surface area contributed by atoms with E-state index in [9.17, 15) is 4.79 Å². The molecule has 2 N–H and O–H groups in total. The zero-order valence-corrected chi connectivity index (χ0v) is 11.2. The predicted molar refractivity (Wildman–Crippen MR) is 76.2 cm³/mol. The van der Waals surface area contributed by atoms with Crippen molar-refractivity contribution in [2.24, 2.45) is 0 Å². The number of carbonyl (C=O) groups is 1. The summed E-state index contributed by atoms with van der Waals surface area (Å²) in [6.45, 7) is 0.915. The van der Waals surface area contributed by atoms with Gasteiger partial charge in [-0.05, 0) is 30.9 Å². The van der Waals surface area contributed by atoms with Crippen LogP contribution < -0.4 is 10.6 Å². The fourth-order valence-corrected chi connectivity index (χ4v) is 2.56. The van der Waals surface area contributed by atoms with Crippen molar-refractivity contribution in [3.05, 3.63) is 36.2 Å². The number of nitrogens with two attached hydrogens (primary N) is 1. The molecule has 0 saturated heterocycles. The number of para-hydroxylation sites is 1. The topological polar surface area (TPSA) is 77.0 Å². The Kier molecular flexibility index (Phi) is 3.37. The number of fused-ring (bicyclic) bond motifs is 1. The Hall–Kier alpha value is -2.37. The molecule has 1 amide bonds. The number of aryl methyl sites for hydroxylation is 1. The quantitative estimate of drug-likeness (QED) is 0.891. The van der Waals surface area contributed by atoms with Crippen LogP contribution in [0, 0.1) is 0 Å². The highest BCUT2D eigenvalue weighted by atomic mass is 16.2. The third-order valence-electron chi connectivity index (χ3n) is 3.51. The van der Waals surface area contributed by atoms with Crippen LogP contribution in [0.5, 0.6) is 0 Å². The third-order valence-corrected chi connectivity index (χ3v) is 3.51. The summed E-state index contributed by atoms with van der Waals surface area (Å²) < 4.78 is 1.48. The second kappa shape index (κ2) is 5.32. The van der Waals surface area contributed by atoms with E-state index in [1.807, 2.05) is 23.1 Å². The minimum atomic E-state index is 0.0178. The maximum atomic E-state index is 12.5. The van der Waals surface area contributed by atoms with Crippen molar-refractivity contribution < 1.29 is 4.79 Å². The maximum Gasteiger partial charge on any atom is 0.248 e. The molecule has 2 heterocycles. The lowest BCUT2D eigenvalue weighted by Gasteiger charge is -2.22. The lowest BCUT2D eigenvalue weighted by atomic mass is 10.1. The molecule has 6 heteroatoms. The van der Waals surface area contributed by atoms with Crippen LogP contribution in [-0.4, -0.2) is 27.2 Å². The van der Waals surface area contributed by atoms with Gasteiger partial charge in [0.05, 0.1) is 0 Å². The number of amides is 1. The zero-order chi connectivity index (χ0) is 13.9. The average molecular weight is 271 g/mol. The highest BCUT2D eigenvalue weighted by molar-refractivity contribution is 5.94. The summed E-state index contributed by atoms with van der Waals surface area (Å²) in [6, 6.07) is 8.09. The first-order valence-corrected chi connectivity index (χ1v) is 6.77. The largest absolute Gasteiger partial charge is 0.367 e. The summed E-state index contributed by atoms with van der Waals surface area (Å²) in [5.74, 6) is 0.207. The van der Waals surface area contributed by atoms with E-state index >= 15 is 0 Å². The summed E-state index contributed by atoms with van der Waals surface area (Å²) in [5, 5.41) is 3.96. The lowest BCUT2D eigenvalue weighted by Crippen LogP contribution is -2.34. The second-order valence-electron chi connectivity index (χ2n) is 4.93. The standard InChI is InChI=1S/C14H17N5O/c15-14-16-10-18(17-14)9-13(20)19-8-4-3-6-11-5-1-2-7-12(11)19/h1-2,5,7,10H,3-4,6,8-9H2,(H2,15,17). The van der Waals surface area contributed by atoms with Gasteiger partial charge in [0.25, 0.3) is 0 Å². The minimum absolute atomic E-state index is 0.0178. The molecular formula is C14H17N5O. The molecule has 1 aliphatic heterocycles. The first-order chi connectivity index (χ1) is 9.74. The van der Waals surface area contributed by atoms with Gasteiger partial charge >= 0.3 is 0 Å². The number of hydrogen-bond acceptors (Lipinski definition) is 4. The summed E-state index contributed by atoms with van der Waals surface area (Å²) in [7, 11) is 0. The molecule has 0 radical (unpaired) electrons. The Morgan fingerprint density at radius 2 is 2.15 bits per heavy atom. The van der Waals surface area contributed by atoms with Crippen LogP contribution in [0.3, 0.4) is 0 Å². The van der Waals surface area contributed by atoms with Crippen LogP contribution in [0.15, 0.2) is 30.6 Å². The van der Waals surface area contributed by atoms with Crippen molar-refractivity contribution in [2.75, 3.05) is 17.2 Å². The Bertz CT molecular complexity index is 622. The zero-order valence-electron chi connectivity index (χ0n) is 11.2. The van der Waals surface area contributed by atoms with E-state index in [1.165, 1.54) is 16.6 Å². The molecule has 0 unspecified atom stereocenters. The molecule has 0 atom stereocenters. The second-order valence-corrected chi connectivity index (χ2v) is 4.93. The number of carbonyl (C=O) groups excluding carboxylic acids is 1. The normalized spacial score (nSPS) is 14.7. The van der Waals surface area contributed by atoms with Gasteiger partial charge in [-0.15, -0.1) is 5.10 Å². The fraction of sp³-hybridized carbons (Fsp3) is 0.357. The Labute approximate surface area is 117 Å². The van der Waals surface area contributed by atoms with Crippen molar-refractivity contribution in [3.63, 3.8) is 0 Å². The van der Waals surface area contributed by atoms with E-state index in [2.05, 4.69) is 16.1 Å². The predicted octanol–water partition coefficient (Wildman–Crippen LogP) is 1.23. The molecular weight excluding hydrogens is 254 g/mol. The molecule has 0 bridgehead atoms. The fourth-order valence-electron chi connectivity index (χ4n) is 2.56. The van der Waals surface area contributed by atoms with Crippen LogP contribution in [-0.2, 0) is 17.8 Å². The number of nitrogen functional groups attached to an aromatic ring is 1. The highest BCUT2D eigenvalue weighted by Crippen LogP contribution is 2.26. The average Bonchev–Trinajstić information content (AvgIpc) is 2.74. The first-order valence-electron chi connectivity index (χ1n) is 6.77. The third kappa shape index (κ3) is 2.49. The molecule has 0 spiro atoms. The number of anilines is 2. The van der Waals surface area contributed by atoms with Gasteiger partial charge in [-0.3, -0.25) is 4.79 Å². The Morgan fingerprint density at radius 1 is 1.30 bits per heavy atom. The van der Waals surface area contributed by atoms with Crippen LogP contribution in [0.25, 0.3) is 0 Å². The Morgan fingerprint density at radius 3 is 2.95 bits per heavy atom. The highest BCUT2D eigenvalue weighted by Gasteiger charge is 2.21. The SMILES string of the molecule is Nc1ncn(CC(=O)N2CCCCc3ccccc32)n1. The van der Waals surface area contributed by atoms with E-state index in [4.69, 9.17) is 5.73 Å². The van der Waals surface area contributed by atoms with Crippen LogP contribution in [0.2, 0.25) is 0 Å². The van der Waals surface area contributed by atoms with E-state index < -0.39 is 0 Å². The summed E-state index contributed by atoms with van der Waals surface area (Å²) >= 11 is 0. The molecule has 6 nitrogen and oxygen atoms in total. The molecule has 20 heavy (non-hydrogen) atoms. The summed E-state index contributed by atoms with van der Waals surface area (Å²) in [6.07, 6.45) is 4.63. The van der Waals surface area contributed by atoms with Gasteiger partial charge < -0.3 is 10.6 Å². The number of rotatable bonds is 2. The minimum Gasteiger partial charge on any atom is -0.367 e. The van der Waals surface area contributed by atoms with Gasteiger partial charge in [-0.25, -0.2) is 9.67 Å². The number of benzene rings is 1. The van der Waals surface area contributed by atoms with E-state index in [-0.39, 0.29) is 18.4 Å².